The van der Waals surface area contributed by atoms with Crippen molar-refractivity contribution in [2.24, 2.45) is 0 Å². The number of rotatable bonds is 8. The van der Waals surface area contributed by atoms with Crippen LogP contribution in [0.1, 0.15) is 13.8 Å². The van der Waals surface area contributed by atoms with Crippen LogP contribution in [0.3, 0.4) is 0 Å². The Morgan fingerprint density at radius 1 is 1.14 bits per heavy atom. The van der Waals surface area contributed by atoms with Crippen molar-refractivity contribution >= 4 is 28.5 Å². The Hall–Kier alpha value is -2.83. The zero-order valence-electron chi connectivity index (χ0n) is 16.1. The van der Waals surface area contributed by atoms with Crippen LogP contribution >= 0.6 is 11.6 Å². The minimum atomic E-state index is -0.816. The van der Waals surface area contributed by atoms with Crippen LogP contribution in [-0.4, -0.2) is 31.9 Å². The third-order valence-electron chi connectivity index (χ3n) is 4.23. The topological polar surface area (TPSA) is 75.0 Å². The Morgan fingerprint density at radius 2 is 1.93 bits per heavy atom. The van der Waals surface area contributed by atoms with Crippen molar-refractivity contribution in [3.8, 4) is 16.9 Å². The quantitative estimate of drug-likeness (QED) is 0.398. The summed E-state index contributed by atoms with van der Waals surface area (Å²) >= 11 is 6.20. The number of ether oxygens (including phenoxy) is 3. The van der Waals surface area contributed by atoms with Gasteiger partial charge in [0.1, 0.15) is 24.2 Å². The Balaban J connectivity index is 1.77. The normalized spacial score (nSPS) is 12.0. The van der Waals surface area contributed by atoms with E-state index in [9.17, 15) is 9.59 Å². The molecule has 1 atom stereocenters. The molecule has 0 aliphatic carbocycles. The summed E-state index contributed by atoms with van der Waals surface area (Å²) in [6.45, 7) is 4.51. The lowest BCUT2D eigenvalue weighted by molar-refractivity contribution is -0.152. The van der Waals surface area contributed by atoms with E-state index in [1.165, 1.54) is 6.26 Å². The molecule has 0 N–H and O–H groups in total. The molecule has 1 heterocycles. The first-order chi connectivity index (χ1) is 14.0. The SMILES string of the molecule is CCOCCOC(=O)[C@@H](C)Oc1ccc2c(=O)c(-c3ccccc3Cl)coc2c1. The maximum atomic E-state index is 12.8. The molecule has 0 saturated carbocycles. The molecule has 0 saturated heterocycles. The van der Waals surface area contributed by atoms with Gasteiger partial charge in [0, 0.05) is 23.3 Å². The van der Waals surface area contributed by atoms with Crippen molar-refractivity contribution in [1.29, 1.82) is 0 Å². The van der Waals surface area contributed by atoms with Gasteiger partial charge in [-0.05, 0) is 32.0 Å². The van der Waals surface area contributed by atoms with Gasteiger partial charge in [0.05, 0.1) is 17.6 Å². The second-order valence-electron chi connectivity index (χ2n) is 6.24. The van der Waals surface area contributed by atoms with Crippen molar-refractivity contribution in [3.05, 3.63) is 64.0 Å². The van der Waals surface area contributed by atoms with E-state index in [1.807, 2.05) is 6.92 Å². The summed E-state index contributed by atoms with van der Waals surface area (Å²) in [5, 5.41) is 0.859. The van der Waals surface area contributed by atoms with E-state index in [2.05, 4.69) is 0 Å². The second-order valence-corrected chi connectivity index (χ2v) is 6.65. The monoisotopic (exact) mass is 416 g/mol. The summed E-state index contributed by atoms with van der Waals surface area (Å²) < 4.78 is 21.5. The Labute approximate surface area is 172 Å². The van der Waals surface area contributed by atoms with Gasteiger partial charge in [-0.15, -0.1) is 0 Å². The number of carbonyl (C=O) groups is 1. The largest absolute Gasteiger partial charge is 0.479 e. The zero-order valence-corrected chi connectivity index (χ0v) is 16.9. The standard InChI is InChI=1S/C22H21ClO6/c1-3-26-10-11-27-22(25)14(2)29-15-8-9-17-20(12-15)28-13-18(21(17)24)16-6-4-5-7-19(16)23/h4-9,12-14H,3,10-11H2,1-2H3/t14-/m1/s1. The number of halogens is 1. The smallest absolute Gasteiger partial charge is 0.347 e. The summed E-state index contributed by atoms with van der Waals surface area (Å²) in [5.41, 5.74) is 1.13. The minimum absolute atomic E-state index is 0.164. The molecular formula is C22H21ClO6. The molecule has 1 aromatic heterocycles. The first-order valence-electron chi connectivity index (χ1n) is 9.22. The van der Waals surface area contributed by atoms with Gasteiger partial charge in [-0.25, -0.2) is 4.79 Å². The van der Waals surface area contributed by atoms with Crippen LogP contribution in [0.5, 0.6) is 5.75 Å². The van der Waals surface area contributed by atoms with Crippen LogP contribution < -0.4 is 10.2 Å². The summed E-state index contributed by atoms with van der Waals surface area (Å²) in [6, 6.07) is 11.8. The molecular weight excluding hydrogens is 396 g/mol. The predicted molar refractivity (Wildman–Crippen MR) is 110 cm³/mol. The Morgan fingerprint density at radius 3 is 2.69 bits per heavy atom. The lowest BCUT2D eigenvalue weighted by Gasteiger charge is -2.14. The lowest BCUT2D eigenvalue weighted by atomic mass is 10.1. The van der Waals surface area contributed by atoms with E-state index in [0.717, 1.165) is 0 Å². The average Bonchev–Trinajstić information content (AvgIpc) is 2.72. The number of carbonyl (C=O) groups excluding carboxylic acids is 1. The van der Waals surface area contributed by atoms with Crippen molar-refractivity contribution in [2.45, 2.75) is 20.0 Å². The predicted octanol–water partition coefficient (Wildman–Crippen LogP) is 4.46. The van der Waals surface area contributed by atoms with Gasteiger partial charge in [-0.3, -0.25) is 4.79 Å². The van der Waals surface area contributed by atoms with Crippen molar-refractivity contribution in [1.82, 2.24) is 0 Å². The minimum Gasteiger partial charge on any atom is -0.479 e. The van der Waals surface area contributed by atoms with Gasteiger partial charge in [-0.1, -0.05) is 29.8 Å². The van der Waals surface area contributed by atoms with Crippen molar-refractivity contribution < 1.29 is 23.4 Å². The third-order valence-corrected chi connectivity index (χ3v) is 4.56. The molecule has 0 fully saturated rings. The second kappa shape index (κ2) is 9.58. The van der Waals surface area contributed by atoms with Crippen LogP contribution in [0.4, 0.5) is 0 Å². The van der Waals surface area contributed by atoms with Gasteiger partial charge in [0.2, 0.25) is 5.43 Å². The highest BCUT2D eigenvalue weighted by Crippen LogP contribution is 2.28. The summed E-state index contributed by atoms with van der Waals surface area (Å²) in [7, 11) is 0. The van der Waals surface area contributed by atoms with Crippen molar-refractivity contribution in [2.75, 3.05) is 19.8 Å². The van der Waals surface area contributed by atoms with E-state index < -0.39 is 12.1 Å². The van der Waals surface area contributed by atoms with E-state index in [1.54, 1.807) is 49.4 Å². The van der Waals surface area contributed by atoms with Crippen molar-refractivity contribution in [3.63, 3.8) is 0 Å². The fourth-order valence-electron chi connectivity index (χ4n) is 2.76. The fraction of sp³-hybridized carbons (Fsp3) is 0.273. The zero-order chi connectivity index (χ0) is 20.8. The maximum absolute atomic E-state index is 12.8. The summed E-state index contributed by atoms with van der Waals surface area (Å²) in [4.78, 5) is 24.8. The molecule has 7 heteroatoms. The van der Waals surface area contributed by atoms with Crippen LogP contribution in [0.15, 0.2) is 57.9 Å². The molecule has 6 nitrogen and oxygen atoms in total. The number of esters is 1. The van der Waals surface area contributed by atoms with Gasteiger partial charge in [0.25, 0.3) is 0 Å². The van der Waals surface area contributed by atoms with Crippen LogP contribution in [0.25, 0.3) is 22.1 Å². The highest BCUT2D eigenvalue weighted by Gasteiger charge is 2.17. The fourth-order valence-corrected chi connectivity index (χ4v) is 3.00. The molecule has 0 aliphatic rings. The molecule has 0 aliphatic heterocycles. The van der Waals surface area contributed by atoms with E-state index >= 15 is 0 Å². The third kappa shape index (κ3) is 4.96. The Kier molecular flexibility index (Phi) is 6.90. The van der Waals surface area contributed by atoms with Gasteiger partial charge >= 0.3 is 5.97 Å². The molecule has 0 unspecified atom stereocenters. The van der Waals surface area contributed by atoms with Gasteiger partial charge in [0.15, 0.2) is 6.10 Å². The number of hydrogen-bond donors (Lipinski definition) is 0. The van der Waals surface area contributed by atoms with Crippen LogP contribution in [-0.2, 0) is 14.3 Å². The molecule has 0 amide bonds. The lowest BCUT2D eigenvalue weighted by Crippen LogP contribution is -2.27. The summed E-state index contributed by atoms with van der Waals surface area (Å²) in [5.74, 6) is -0.110. The number of fused-ring (bicyclic) bond motifs is 1. The van der Waals surface area contributed by atoms with Gasteiger partial charge < -0.3 is 18.6 Å². The molecule has 29 heavy (non-hydrogen) atoms. The molecule has 0 radical (unpaired) electrons. The summed E-state index contributed by atoms with van der Waals surface area (Å²) in [6.07, 6.45) is 0.560. The molecule has 152 valence electrons. The van der Waals surface area contributed by atoms with E-state index in [-0.39, 0.29) is 12.0 Å². The van der Waals surface area contributed by atoms with Crippen LogP contribution in [0.2, 0.25) is 5.02 Å². The van der Waals surface area contributed by atoms with Crippen LogP contribution in [0, 0.1) is 0 Å². The maximum Gasteiger partial charge on any atom is 0.347 e. The highest BCUT2D eigenvalue weighted by molar-refractivity contribution is 6.33. The number of hydrogen-bond acceptors (Lipinski definition) is 6. The molecule has 0 bridgehead atoms. The highest BCUT2D eigenvalue weighted by atomic mass is 35.5. The van der Waals surface area contributed by atoms with E-state index in [0.29, 0.717) is 46.1 Å². The van der Waals surface area contributed by atoms with E-state index in [4.69, 9.17) is 30.2 Å². The number of benzene rings is 2. The first kappa shape index (κ1) is 20.9. The molecule has 2 aromatic carbocycles. The Bertz CT molecular complexity index is 1060. The first-order valence-corrected chi connectivity index (χ1v) is 9.60. The molecule has 0 spiro atoms. The van der Waals surface area contributed by atoms with Gasteiger partial charge in [-0.2, -0.15) is 0 Å². The molecule has 3 rings (SSSR count). The average molecular weight is 417 g/mol. The molecule has 3 aromatic rings.